The number of aliphatic hydroxyl groups is 1. The molecule has 0 amide bonds. The van der Waals surface area contributed by atoms with Crippen LogP contribution in [0.5, 0.6) is 0 Å². The van der Waals surface area contributed by atoms with Crippen molar-refractivity contribution >= 4 is 5.82 Å². The topological polar surface area (TPSA) is 60.2 Å². The second-order valence-corrected chi connectivity index (χ2v) is 6.44. The van der Waals surface area contributed by atoms with E-state index in [1.54, 1.807) is 18.2 Å². The minimum absolute atomic E-state index is 0.0863. The summed E-state index contributed by atoms with van der Waals surface area (Å²) in [6.07, 6.45) is 2.28. The molecule has 2 aromatic rings. The predicted molar refractivity (Wildman–Crippen MR) is 90.0 cm³/mol. The van der Waals surface area contributed by atoms with Gasteiger partial charge in [0.2, 0.25) is 0 Å². The summed E-state index contributed by atoms with van der Waals surface area (Å²) in [4.78, 5) is 6.48. The van der Waals surface area contributed by atoms with Gasteiger partial charge in [-0.15, -0.1) is 0 Å². The number of anilines is 1. The Labute approximate surface area is 141 Å². The molecular weight excluding hydrogens is 305 g/mol. The van der Waals surface area contributed by atoms with Crippen LogP contribution in [-0.2, 0) is 6.42 Å². The van der Waals surface area contributed by atoms with Crippen molar-refractivity contribution in [1.29, 1.82) is 5.26 Å². The molecule has 1 aromatic heterocycles. The average molecular weight is 325 g/mol. The van der Waals surface area contributed by atoms with Crippen LogP contribution in [0, 0.1) is 22.6 Å². The standard InChI is InChI=1S/C19H20FN3O/c20-16-4-1-3-15(11-16)12-19(14-24)7-9-23(10-8-19)18-6-2-5-17(13-21)22-18/h1-6,11,24H,7-10,12,14H2. The van der Waals surface area contributed by atoms with Crippen LogP contribution in [0.3, 0.4) is 0 Å². The quantitative estimate of drug-likeness (QED) is 0.939. The third-order valence-electron chi connectivity index (χ3n) is 4.80. The molecule has 0 radical (unpaired) electrons. The first-order valence-corrected chi connectivity index (χ1v) is 8.12. The summed E-state index contributed by atoms with van der Waals surface area (Å²) in [6.45, 7) is 1.61. The highest BCUT2D eigenvalue weighted by molar-refractivity contribution is 5.42. The van der Waals surface area contributed by atoms with Crippen molar-refractivity contribution < 1.29 is 9.50 Å². The predicted octanol–water partition coefficient (Wildman–Crippen LogP) is 2.91. The maximum atomic E-state index is 13.4. The van der Waals surface area contributed by atoms with Gasteiger partial charge in [-0.25, -0.2) is 9.37 Å². The van der Waals surface area contributed by atoms with E-state index < -0.39 is 0 Å². The van der Waals surface area contributed by atoms with Gasteiger partial charge in [-0.3, -0.25) is 0 Å². The minimum Gasteiger partial charge on any atom is -0.396 e. The summed E-state index contributed by atoms with van der Waals surface area (Å²) < 4.78 is 13.4. The number of halogens is 1. The number of rotatable bonds is 4. The van der Waals surface area contributed by atoms with Crippen LogP contribution >= 0.6 is 0 Å². The second-order valence-electron chi connectivity index (χ2n) is 6.44. The molecule has 2 heterocycles. The monoisotopic (exact) mass is 325 g/mol. The maximum Gasteiger partial charge on any atom is 0.142 e. The first-order valence-electron chi connectivity index (χ1n) is 8.12. The Morgan fingerprint density at radius 3 is 2.62 bits per heavy atom. The van der Waals surface area contributed by atoms with Gasteiger partial charge in [0.05, 0.1) is 0 Å². The number of nitrogens with zero attached hydrogens (tertiary/aromatic N) is 3. The fourth-order valence-corrected chi connectivity index (χ4v) is 3.34. The van der Waals surface area contributed by atoms with Crippen LogP contribution in [0.4, 0.5) is 10.2 Å². The normalized spacial score (nSPS) is 16.6. The van der Waals surface area contributed by atoms with Crippen LogP contribution in [0.2, 0.25) is 0 Å². The van der Waals surface area contributed by atoms with E-state index in [1.807, 2.05) is 18.2 Å². The summed E-state index contributed by atoms with van der Waals surface area (Å²) >= 11 is 0. The smallest absolute Gasteiger partial charge is 0.142 e. The molecule has 24 heavy (non-hydrogen) atoms. The molecule has 1 saturated heterocycles. The molecule has 1 aliphatic heterocycles. The van der Waals surface area contributed by atoms with E-state index in [9.17, 15) is 9.50 Å². The molecule has 1 aliphatic rings. The zero-order valence-electron chi connectivity index (χ0n) is 13.5. The van der Waals surface area contributed by atoms with E-state index in [1.165, 1.54) is 6.07 Å². The van der Waals surface area contributed by atoms with Gasteiger partial charge >= 0.3 is 0 Å². The van der Waals surface area contributed by atoms with Crippen LogP contribution < -0.4 is 4.90 Å². The van der Waals surface area contributed by atoms with Gasteiger partial charge in [0, 0.05) is 25.1 Å². The SMILES string of the molecule is N#Cc1cccc(N2CCC(CO)(Cc3cccc(F)c3)CC2)n1. The number of nitriles is 1. The van der Waals surface area contributed by atoms with Crippen molar-refractivity contribution in [3.8, 4) is 6.07 Å². The molecule has 1 N–H and O–H groups in total. The molecule has 0 bridgehead atoms. The Bertz CT molecular complexity index is 748. The van der Waals surface area contributed by atoms with Gasteiger partial charge in [0.1, 0.15) is 23.4 Å². The van der Waals surface area contributed by atoms with Gasteiger partial charge in [-0.2, -0.15) is 5.26 Å². The summed E-state index contributed by atoms with van der Waals surface area (Å²) in [5.41, 5.74) is 1.10. The largest absolute Gasteiger partial charge is 0.396 e. The molecule has 1 fully saturated rings. The second kappa shape index (κ2) is 6.98. The molecule has 124 valence electrons. The van der Waals surface area contributed by atoms with E-state index in [-0.39, 0.29) is 17.8 Å². The lowest BCUT2D eigenvalue weighted by Gasteiger charge is -2.41. The summed E-state index contributed by atoms with van der Waals surface area (Å²) in [6, 6.07) is 14.1. The molecule has 5 heteroatoms. The first kappa shape index (κ1) is 16.4. The molecule has 4 nitrogen and oxygen atoms in total. The number of pyridine rings is 1. The van der Waals surface area contributed by atoms with Crippen molar-refractivity contribution in [3.05, 3.63) is 59.5 Å². The number of aromatic nitrogens is 1. The van der Waals surface area contributed by atoms with Gasteiger partial charge in [0.15, 0.2) is 0 Å². The van der Waals surface area contributed by atoms with Gasteiger partial charge < -0.3 is 10.0 Å². The summed E-state index contributed by atoms with van der Waals surface area (Å²) in [7, 11) is 0. The van der Waals surface area contributed by atoms with E-state index in [4.69, 9.17) is 5.26 Å². The molecule has 0 spiro atoms. The fourth-order valence-electron chi connectivity index (χ4n) is 3.34. The minimum atomic E-state index is -0.240. The zero-order chi connectivity index (χ0) is 17.0. The maximum absolute atomic E-state index is 13.4. The number of piperidine rings is 1. The van der Waals surface area contributed by atoms with Crippen molar-refractivity contribution in [2.45, 2.75) is 19.3 Å². The average Bonchev–Trinajstić information content (AvgIpc) is 2.62. The van der Waals surface area contributed by atoms with Crippen molar-refractivity contribution in [1.82, 2.24) is 4.98 Å². The van der Waals surface area contributed by atoms with Crippen LogP contribution in [0.1, 0.15) is 24.1 Å². The highest BCUT2D eigenvalue weighted by atomic mass is 19.1. The number of benzene rings is 1. The fraction of sp³-hybridized carbons (Fsp3) is 0.368. The highest BCUT2D eigenvalue weighted by Crippen LogP contribution is 2.36. The molecule has 0 saturated carbocycles. The van der Waals surface area contributed by atoms with Crippen molar-refractivity contribution in [2.75, 3.05) is 24.6 Å². The van der Waals surface area contributed by atoms with Gasteiger partial charge in [-0.05, 0) is 49.1 Å². The molecule has 1 aromatic carbocycles. The van der Waals surface area contributed by atoms with Crippen LogP contribution in [-0.4, -0.2) is 29.8 Å². The van der Waals surface area contributed by atoms with E-state index in [2.05, 4.69) is 16.0 Å². The molecule has 3 rings (SSSR count). The Kier molecular flexibility index (Phi) is 4.77. The Hall–Kier alpha value is -2.45. The Balaban J connectivity index is 1.70. The van der Waals surface area contributed by atoms with Crippen molar-refractivity contribution in [2.24, 2.45) is 5.41 Å². The first-order chi connectivity index (χ1) is 11.6. The van der Waals surface area contributed by atoms with E-state index >= 15 is 0 Å². The van der Waals surface area contributed by atoms with Gasteiger partial charge in [-0.1, -0.05) is 18.2 Å². The molecule has 0 aliphatic carbocycles. The number of hydrogen-bond donors (Lipinski definition) is 1. The Morgan fingerprint density at radius 1 is 1.21 bits per heavy atom. The lowest BCUT2D eigenvalue weighted by molar-refractivity contribution is 0.0960. The molecular formula is C19H20FN3O. The lowest BCUT2D eigenvalue weighted by Crippen LogP contribution is -2.43. The Morgan fingerprint density at radius 2 is 1.96 bits per heavy atom. The molecule has 0 unspecified atom stereocenters. The number of hydrogen-bond acceptors (Lipinski definition) is 4. The zero-order valence-corrected chi connectivity index (χ0v) is 13.5. The van der Waals surface area contributed by atoms with Crippen LogP contribution in [0.25, 0.3) is 0 Å². The lowest BCUT2D eigenvalue weighted by atomic mass is 9.74. The van der Waals surface area contributed by atoms with E-state index in [0.29, 0.717) is 12.1 Å². The van der Waals surface area contributed by atoms with Crippen molar-refractivity contribution in [3.63, 3.8) is 0 Å². The third kappa shape index (κ3) is 3.55. The summed E-state index contributed by atoms with van der Waals surface area (Å²) in [5.74, 6) is 0.557. The molecule has 0 atom stereocenters. The van der Waals surface area contributed by atoms with Gasteiger partial charge in [0.25, 0.3) is 0 Å². The highest BCUT2D eigenvalue weighted by Gasteiger charge is 2.34. The summed E-state index contributed by atoms with van der Waals surface area (Å²) in [5, 5.41) is 18.9. The van der Waals surface area contributed by atoms with Crippen LogP contribution in [0.15, 0.2) is 42.5 Å². The van der Waals surface area contributed by atoms with E-state index in [0.717, 1.165) is 37.3 Å². The number of aliphatic hydroxyl groups excluding tert-OH is 1. The third-order valence-corrected chi connectivity index (χ3v) is 4.80.